The summed E-state index contributed by atoms with van der Waals surface area (Å²) in [6.45, 7) is 1.97. The van der Waals surface area contributed by atoms with E-state index in [1.165, 1.54) is 0 Å². The molecule has 4 aromatic rings. The summed E-state index contributed by atoms with van der Waals surface area (Å²) < 4.78 is 0. The molecule has 0 saturated carbocycles. The zero-order chi connectivity index (χ0) is 19.6. The van der Waals surface area contributed by atoms with E-state index in [1.807, 2.05) is 36.9 Å². The van der Waals surface area contributed by atoms with Crippen molar-refractivity contribution >= 4 is 16.6 Å². The molecule has 146 valence electrons. The topological polar surface area (TPSA) is 96.6 Å². The molecule has 7 heteroatoms. The lowest BCUT2D eigenvalue weighted by atomic mass is 10.1. The van der Waals surface area contributed by atoms with Gasteiger partial charge < -0.3 is 10.6 Å². The SMILES string of the molecule is NC1CCCN(c2cncc(-c3n[nH]c4cnc(-c5cccnc5)cc34)c2)CC1. The quantitative estimate of drug-likeness (QED) is 0.561. The van der Waals surface area contributed by atoms with Gasteiger partial charge in [0.05, 0.1) is 29.3 Å². The predicted octanol–water partition coefficient (Wildman–Crippen LogP) is 3.40. The number of rotatable bonds is 3. The van der Waals surface area contributed by atoms with E-state index in [1.54, 1.807) is 6.20 Å². The summed E-state index contributed by atoms with van der Waals surface area (Å²) in [5.74, 6) is 0. The number of pyridine rings is 3. The molecule has 1 fully saturated rings. The normalized spacial score (nSPS) is 17.4. The number of aromatic nitrogens is 5. The van der Waals surface area contributed by atoms with Crippen molar-refractivity contribution in [2.24, 2.45) is 5.73 Å². The second-order valence-corrected chi connectivity index (χ2v) is 7.54. The summed E-state index contributed by atoms with van der Waals surface area (Å²) in [5, 5.41) is 8.68. The van der Waals surface area contributed by atoms with Gasteiger partial charge in [-0.3, -0.25) is 20.1 Å². The van der Waals surface area contributed by atoms with Crippen molar-refractivity contribution in [1.29, 1.82) is 0 Å². The Morgan fingerprint density at radius 3 is 2.83 bits per heavy atom. The minimum atomic E-state index is 0.296. The molecule has 1 aliphatic heterocycles. The van der Waals surface area contributed by atoms with Crippen molar-refractivity contribution in [3.05, 3.63) is 55.2 Å². The van der Waals surface area contributed by atoms with Crippen molar-refractivity contribution < 1.29 is 0 Å². The third kappa shape index (κ3) is 3.56. The fourth-order valence-corrected chi connectivity index (χ4v) is 3.92. The number of aromatic amines is 1. The summed E-state index contributed by atoms with van der Waals surface area (Å²) in [6, 6.07) is 8.45. The first-order valence-electron chi connectivity index (χ1n) is 9.98. The molecule has 1 unspecified atom stereocenters. The number of nitrogens with one attached hydrogen (secondary N) is 1. The Labute approximate surface area is 169 Å². The monoisotopic (exact) mass is 385 g/mol. The van der Waals surface area contributed by atoms with Crippen LogP contribution in [0.5, 0.6) is 0 Å². The van der Waals surface area contributed by atoms with Crippen molar-refractivity contribution in [3.8, 4) is 22.5 Å². The number of hydrogen-bond donors (Lipinski definition) is 2. The van der Waals surface area contributed by atoms with E-state index >= 15 is 0 Å². The highest BCUT2D eigenvalue weighted by atomic mass is 15.1. The maximum Gasteiger partial charge on any atom is 0.102 e. The van der Waals surface area contributed by atoms with Gasteiger partial charge in [-0.2, -0.15) is 5.10 Å². The van der Waals surface area contributed by atoms with Crippen LogP contribution in [0.15, 0.2) is 55.2 Å². The molecular weight excluding hydrogens is 362 g/mol. The van der Waals surface area contributed by atoms with Gasteiger partial charge in [-0.25, -0.2) is 0 Å². The lowest BCUT2D eigenvalue weighted by molar-refractivity contribution is 0.601. The van der Waals surface area contributed by atoms with E-state index in [4.69, 9.17) is 5.73 Å². The molecule has 1 saturated heterocycles. The zero-order valence-corrected chi connectivity index (χ0v) is 16.1. The molecule has 1 atom stereocenters. The first kappa shape index (κ1) is 17.8. The van der Waals surface area contributed by atoms with Crippen LogP contribution in [-0.4, -0.2) is 44.3 Å². The Bertz CT molecular complexity index is 1120. The number of nitrogens with two attached hydrogens (primary N) is 1. The van der Waals surface area contributed by atoms with Gasteiger partial charge in [0.2, 0.25) is 0 Å². The third-order valence-electron chi connectivity index (χ3n) is 5.54. The number of H-pyrrole nitrogens is 1. The highest BCUT2D eigenvalue weighted by Crippen LogP contribution is 2.31. The van der Waals surface area contributed by atoms with Crippen molar-refractivity contribution in [2.75, 3.05) is 18.0 Å². The fraction of sp³-hybridized carbons (Fsp3) is 0.273. The average molecular weight is 385 g/mol. The second kappa shape index (κ2) is 7.60. The highest BCUT2D eigenvalue weighted by molar-refractivity contribution is 5.94. The number of anilines is 1. The fourth-order valence-electron chi connectivity index (χ4n) is 3.92. The molecule has 0 aromatic carbocycles. The van der Waals surface area contributed by atoms with E-state index in [9.17, 15) is 0 Å². The molecule has 3 N–H and O–H groups in total. The predicted molar refractivity (Wildman–Crippen MR) is 114 cm³/mol. The van der Waals surface area contributed by atoms with Crippen LogP contribution in [0, 0.1) is 0 Å². The molecule has 0 spiro atoms. The number of hydrogen-bond acceptors (Lipinski definition) is 6. The minimum absolute atomic E-state index is 0.296. The van der Waals surface area contributed by atoms with Crippen LogP contribution in [0.4, 0.5) is 5.69 Å². The second-order valence-electron chi connectivity index (χ2n) is 7.54. The standard InChI is InChI=1S/C22H23N7/c23-17-4-2-7-29(8-5-17)18-9-16(12-25-13-18)22-19-10-20(15-3-1-6-24-11-15)26-14-21(19)27-28-22/h1,3,6,9-14,17H,2,4-5,7-8,23H2,(H,27,28). The molecule has 1 aliphatic rings. The van der Waals surface area contributed by atoms with E-state index in [0.29, 0.717) is 6.04 Å². The van der Waals surface area contributed by atoms with Gasteiger partial charge in [0.25, 0.3) is 0 Å². The largest absolute Gasteiger partial charge is 0.370 e. The van der Waals surface area contributed by atoms with Crippen LogP contribution in [-0.2, 0) is 0 Å². The van der Waals surface area contributed by atoms with Gasteiger partial charge in [0, 0.05) is 54.2 Å². The maximum absolute atomic E-state index is 6.14. The van der Waals surface area contributed by atoms with Crippen LogP contribution in [0.25, 0.3) is 33.4 Å². The maximum atomic E-state index is 6.14. The Morgan fingerprint density at radius 2 is 1.93 bits per heavy atom. The summed E-state index contributed by atoms with van der Waals surface area (Å²) in [6.07, 6.45) is 12.4. The van der Waals surface area contributed by atoms with Gasteiger partial charge in [0.1, 0.15) is 5.69 Å². The van der Waals surface area contributed by atoms with Gasteiger partial charge in [-0.05, 0) is 43.5 Å². The molecule has 7 nitrogen and oxygen atoms in total. The summed E-state index contributed by atoms with van der Waals surface area (Å²) in [4.78, 5) is 15.6. The molecule has 0 aliphatic carbocycles. The number of nitrogens with zero attached hydrogens (tertiary/aromatic N) is 5. The van der Waals surface area contributed by atoms with Gasteiger partial charge in [-0.15, -0.1) is 0 Å². The Morgan fingerprint density at radius 1 is 1.00 bits per heavy atom. The Kier molecular flexibility index (Phi) is 4.65. The molecule has 0 amide bonds. The van der Waals surface area contributed by atoms with Crippen LogP contribution in [0.3, 0.4) is 0 Å². The van der Waals surface area contributed by atoms with E-state index in [-0.39, 0.29) is 0 Å². The highest BCUT2D eigenvalue weighted by Gasteiger charge is 2.17. The molecule has 5 heterocycles. The lowest BCUT2D eigenvalue weighted by Gasteiger charge is -2.22. The van der Waals surface area contributed by atoms with Gasteiger partial charge >= 0.3 is 0 Å². The lowest BCUT2D eigenvalue weighted by Crippen LogP contribution is -2.26. The third-order valence-corrected chi connectivity index (χ3v) is 5.54. The van der Waals surface area contributed by atoms with E-state index in [0.717, 1.165) is 71.5 Å². The Hall–Kier alpha value is -3.32. The van der Waals surface area contributed by atoms with Crippen LogP contribution in [0.1, 0.15) is 19.3 Å². The first-order valence-corrected chi connectivity index (χ1v) is 9.98. The van der Waals surface area contributed by atoms with Gasteiger partial charge in [0.15, 0.2) is 0 Å². The molecule has 4 aromatic heterocycles. The van der Waals surface area contributed by atoms with Gasteiger partial charge in [-0.1, -0.05) is 0 Å². The van der Waals surface area contributed by atoms with Crippen molar-refractivity contribution in [1.82, 2.24) is 25.1 Å². The molecule has 0 bridgehead atoms. The summed E-state index contributed by atoms with van der Waals surface area (Å²) >= 11 is 0. The first-order chi connectivity index (χ1) is 14.3. The molecular formula is C22H23N7. The smallest absolute Gasteiger partial charge is 0.102 e. The van der Waals surface area contributed by atoms with E-state index in [2.05, 4.69) is 42.2 Å². The number of fused-ring (bicyclic) bond motifs is 1. The summed E-state index contributed by atoms with van der Waals surface area (Å²) in [5.41, 5.74) is 11.9. The van der Waals surface area contributed by atoms with Crippen LogP contribution < -0.4 is 10.6 Å². The molecule has 5 rings (SSSR count). The van der Waals surface area contributed by atoms with Crippen molar-refractivity contribution in [2.45, 2.75) is 25.3 Å². The Balaban J connectivity index is 1.52. The van der Waals surface area contributed by atoms with E-state index < -0.39 is 0 Å². The molecule has 0 radical (unpaired) electrons. The van der Waals surface area contributed by atoms with Crippen LogP contribution >= 0.6 is 0 Å². The van der Waals surface area contributed by atoms with Crippen molar-refractivity contribution in [3.63, 3.8) is 0 Å². The zero-order valence-electron chi connectivity index (χ0n) is 16.1. The summed E-state index contributed by atoms with van der Waals surface area (Å²) in [7, 11) is 0. The molecule has 29 heavy (non-hydrogen) atoms. The minimum Gasteiger partial charge on any atom is -0.370 e. The van der Waals surface area contributed by atoms with Crippen LogP contribution in [0.2, 0.25) is 0 Å². The average Bonchev–Trinajstić information content (AvgIpc) is 3.07.